The normalized spacial score (nSPS) is 20.0. The number of pyridine rings is 1. The van der Waals surface area contributed by atoms with Crippen LogP contribution in [-0.4, -0.2) is 39.2 Å². The molecule has 1 saturated carbocycles. The molecule has 1 amide bonds. The van der Waals surface area contributed by atoms with E-state index in [1.807, 2.05) is 19.9 Å². The lowest BCUT2D eigenvalue weighted by Gasteiger charge is -2.38. The molecular formula is C19H25N5O3. The van der Waals surface area contributed by atoms with Crippen molar-refractivity contribution in [3.8, 4) is 5.88 Å². The molecule has 4 N–H and O–H groups in total. The standard InChI is InChI=1S/C19H25N5O3/c1-10(2)14-8-15(23-19(20)22-14)18(26)24-17(12-6-13(25)7-12)11-4-5-16(27-3)21-9-11/h4-5,8-10,12-13,17,25H,6-7H2,1-3H3,(H,24,26)(H2,20,22,23)/t12?,13?,17-/m0/s1. The highest BCUT2D eigenvalue weighted by Crippen LogP contribution is 2.38. The van der Waals surface area contributed by atoms with Gasteiger partial charge in [0.25, 0.3) is 5.91 Å². The van der Waals surface area contributed by atoms with Gasteiger partial charge in [0.2, 0.25) is 11.8 Å². The first-order valence-corrected chi connectivity index (χ1v) is 9.00. The molecule has 8 heteroatoms. The Morgan fingerprint density at radius 3 is 2.63 bits per heavy atom. The van der Waals surface area contributed by atoms with Crippen molar-refractivity contribution in [2.24, 2.45) is 5.92 Å². The Hall–Kier alpha value is -2.74. The van der Waals surface area contributed by atoms with E-state index < -0.39 is 0 Å². The van der Waals surface area contributed by atoms with E-state index in [2.05, 4.69) is 20.3 Å². The van der Waals surface area contributed by atoms with E-state index in [1.54, 1.807) is 25.4 Å². The molecule has 0 radical (unpaired) electrons. The maximum atomic E-state index is 12.8. The minimum absolute atomic E-state index is 0.0769. The first-order valence-electron chi connectivity index (χ1n) is 9.00. The second kappa shape index (κ2) is 7.87. The lowest BCUT2D eigenvalue weighted by atomic mass is 9.75. The third-order valence-corrected chi connectivity index (χ3v) is 4.82. The Morgan fingerprint density at radius 2 is 2.07 bits per heavy atom. The Morgan fingerprint density at radius 1 is 1.33 bits per heavy atom. The summed E-state index contributed by atoms with van der Waals surface area (Å²) in [6.45, 7) is 3.95. The highest BCUT2D eigenvalue weighted by Gasteiger charge is 2.36. The summed E-state index contributed by atoms with van der Waals surface area (Å²) >= 11 is 0. The average Bonchev–Trinajstić information content (AvgIpc) is 2.63. The molecule has 2 heterocycles. The van der Waals surface area contributed by atoms with Crippen LogP contribution in [0.25, 0.3) is 0 Å². The summed E-state index contributed by atoms with van der Waals surface area (Å²) in [7, 11) is 1.55. The third kappa shape index (κ3) is 4.33. The molecular weight excluding hydrogens is 346 g/mol. The minimum atomic E-state index is -0.331. The number of anilines is 1. The van der Waals surface area contributed by atoms with Gasteiger partial charge in [0, 0.05) is 18.0 Å². The molecule has 3 rings (SSSR count). The van der Waals surface area contributed by atoms with Crippen molar-refractivity contribution >= 4 is 11.9 Å². The van der Waals surface area contributed by atoms with Gasteiger partial charge in [0.15, 0.2) is 0 Å². The molecule has 2 aromatic heterocycles. The number of aliphatic hydroxyl groups is 1. The highest BCUT2D eigenvalue weighted by atomic mass is 16.5. The van der Waals surface area contributed by atoms with Gasteiger partial charge in [0.05, 0.1) is 19.3 Å². The number of methoxy groups -OCH3 is 1. The number of aliphatic hydroxyl groups excluding tert-OH is 1. The molecule has 0 aliphatic heterocycles. The Kier molecular flexibility index (Phi) is 5.55. The van der Waals surface area contributed by atoms with Crippen LogP contribution >= 0.6 is 0 Å². The van der Waals surface area contributed by atoms with E-state index in [-0.39, 0.29) is 41.5 Å². The van der Waals surface area contributed by atoms with Crippen LogP contribution in [0.2, 0.25) is 0 Å². The third-order valence-electron chi connectivity index (χ3n) is 4.82. The van der Waals surface area contributed by atoms with E-state index >= 15 is 0 Å². The van der Waals surface area contributed by atoms with Crippen molar-refractivity contribution in [3.05, 3.63) is 41.3 Å². The van der Waals surface area contributed by atoms with Crippen molar-refractivity contribution in [2.45, 2.75) is 44.8 Å². The number of nitrogen functional groups attached to an aromatic ring is 1. The van der Waals surface area contributed by atoms with Gasteiger partial charge < -0.3 is 20.9 Å². The van der Waals surface area contributed by atoms with E-state index in [0.717, 1.165) is 11.3 Å². The second-order valence-corrected chi connectivity index (χ2v) is 7.16. The predicted molar refractivity (Wildman–Crippen MR) is 100 cm³/mol. The van der Waals surface area contributed by atoms with Gasteiger partial charge in [-0.1, -0.05) is 19.9 Å². The summed E-state index contributed by atoms with van der Waals surface area (Å²) in [6, 6.07) is 5.01. The number of nitrogens with zero attached hydrogens (tertiary/aromatic N) is 3. The predicted octanol–water partition coefficient (Wildman–Crippen LogP) is 1.83. The number of amides is 1. The highest BCUT2D eigenvalue weighted by molar-refractivity contribution is 5.93. The number of rotatable bonds is 6. The van der Waals surface area contributed by atoms with Gasteiger partial charge in [0.1, 0.15) is 5.69 Å². The Balaban J connectivity index is 1.84. The number of nitrogens with two attached hydrogens (primary N) is 1. The van der Waals surface area contributed by atoms with Crippen molar-refractivity contribution < 1.29 is 14.6 Å². The van der Waals surface area contributed by atoms with Crippen LogP contribution in [0.1, 0.15) is 60.4 Å². The van der Waals surface area contributed by atoms with Gasteiger partial charge in [-0.25, -0.2) is 15.0 Å². The Labute approximate surface area is 158 Å². The summed E-state index contributed by atoms with van der Waals surface area (Å²) in [5.41, 5.74) is 7.57. The topological polar surface area (TPSA) is 123 Å². The van der Waals surface area contributed by atoms with Gasteiger partial charge >= 0.3 is 0 Å². The van der Waals surface area contributed by atoms with E-state index in [4.69, 9.17) is 10.5 Å². The van der Waals surface area contributed by atoms with Crippen molar-refractivity contribution in [3.63, 3.8) is 0 Å². The Bertz CT molecular complexity index is 803. The molecule has 0 bridgehead atoms. The van der Waals surface area contributed by atoms with E-state index in [9.17, 15) is 9.90 Å². The van der Waals surface area contributed by atoms with Crippen LogP contribution < -0.4 is 15.8 Å². The zero-order chi connectivity index (χ0) is 19.6. The minimum Gasteiger partial charge on any atom is -0.481 e. The number of nitrogens with one attached hydrogen (secondary N) is 1. The molecule has 144 valence electrons. The molecule has 2 aromatic rings. The molecule has 0 unspecified atom stereocenters. The number of carbonyl (C=O) groups is 1. The van der Waals surface area contributed by atoms with Crippen LogP contribution in [-0.2, 0) is 0 Å². The molecule has 0 aromatic carbocycles. The summed E-state index contributed by atoms with van der Waals surface area (Å²) in [5, 5.41) is 12.7. The monoisotopic (exact) mass is 371 g/mol. The fourth-order valence-corrected chi connectivity index (χ4v) is 3.18. The van der Waals surface area contributed by atoms with Crippen LogP contribution in [0.4, 0.5) is 5.95 Å². The molecule has 8 nitrogen and oxygen atoms in total. The number of ether oxygens (including phenoxy) is 1. The largest absolute Gasteiger partial charge is 0.481 e. The molecule has 0 spiro atoms. The smallest absolute Gasteiger partial charge is 0.270 e. The van der Waals surface area contributed by atoms with Gasteiger partial charge in [-0.3, -0.25) is 4.79 Å². The second-order valence-electron chi connectivity index (χ2n) is 7.16. The molecule has 1 fully saturated rings. The van der Waals surface area contributed by atoms with Gasteiger partial charge in [-0.15, -0.1) is 0 Å². The SMILES string of the molecule is COc1ccc([C@H](NC(=O)c2cc(C(C)C)nc(N)n2)C2CC(O)C2)cn1. The van der Waals surface area contributed by atoms with Crippen molar-refractivity contribution in [1.29, 1.82) is 0 Å². The number of carbonyl (C=O) groups excluding carboxylic acids is 1. The van der Waals surface area contributed by atoms with Gasteiger partial charge in [-0.2, -0.15) is 0 Å². The lowest BCUT2D eigenvalue weighted by Crippen LogP contribution is -2.41. The molecule has 0 saturated heterocycles. The van der Waals surface area contributed by atoms with Crippen molar-refractivity contribution in [1.82, 2.24) is 20.3 Å². The van der Waals surface area contributed by atoms with Crippen LogP contribution in [0, 0.1) is 5.92 Å². The van der Waals surface area contributed by atoms with Crippen LogP contribution in [0.15, 0.2) is 24.4 Å². The molecule has 27 heavy (non-hydrogen) atoms. The summed E-state index contributed by atoms with van der Waals surface area (Å²) < 4.78 is 5.10. The van der Waals surface area contributed by atoms with Gasteiger partial charge in [-0.05, 0) is 36.3 Å². The quantitative estimate of drug-likeness (QED) is 0.708. The first-order chi connectivity index (χ1) is 12.9. The summed E-state index contributed by atoms with van der Waals surface area (Å²) in [5.74, 6) is 0.511. The van der Waals surface area contributed by atoms with Crippen molar-refractivity contribution in [2.75, 3.05) is 12.8 Å². The van der Waals surface area contributed by atoms with E-state index in [0.29, 0.717) is 18.7 Å². The van der Waals surface area contributed by atoms with E-state index in [1.165, 1.54) is 0 Å². The molecule has 1 aliphatic rings. The number of aromatic nitrogens is 3. The summed E-state index contributed by atoms with van der Waals surface area (Å²) in [6.07, 6.45) is 2.60. The molecule has 1 aliphatic carbocycles. The number of hydrogen-bond acceptors (Lipinski definition) is 7. The fraction of sp³-hybridized carbons (Fsp3) is 0.474. The van der Waals surface area contributed by atoms with Crippen LogP contribution in [0.3, 0.4) is 0 Å². The number of hydrogen-bond donors (Lipinski definition) is 3. The lowest BCUT2D eigenvalue weighted by molar-refractivity contribution is 0.0234. The summed E-state index contributed by atoms with van der Waals surface area (Å²) in [4.78, 5) is 25.3. The fourth-order valence-electron chi connectivity index (χ4n) is 3.18. The maximum absolute atomic E-state index is 12.8. The zero-order valence-corrected chi connectivity index (χ0v) is 15.7. The maximum Gasteiger partial charge on any atom is 0.270 e. The zero-order valence-electron chi connectivity index (χ0n) is 15.7. The average molecular weight is 371 g/mol. The van der Waals surface area contributed by atoms with Crippen LogP contribution in [0.5, 0.6) is 5.88 Å². The molecule has 1 atom stereocenters. The first kappa shape index (κ1) is 19.0.